The molecule has 3 rings (SSSR count). The minimum Gasteiger partial charge on any atom is -0.493 e. The van der Waals surface area contributed by atoms with Gasteiger partial charge in [-0.05, 0) is 60.3 Å². The van der Waals surface area contributed by atoms with E-state index in [1.807, 2.05) is 12.1 Å². The fourth-order valence-electron chi connectivity index (χ4n) is 4.69. The van der Waals surface area contributed by atoms with Crippen molar-refractivity contribution in [3.05, 3.63) is 23.3 Å². The van der Waals surface area contributed by atoms with E-state index in [2.05, 4.69) is 25.7 Å². The first-order chi connectivity index (χ1) is 13.2. The number of methoxy groups -OCH3 is 1. The first-order valence-corrected chi connectivity index (χ1v) is 10.2. The van der Waals surface area contributed by atoms with Crippen LogP contribution in [0.1, 0.15) is 57.2 Å². The van der Waals surface area contributed by atoms with Crippen LogP contribution in [0.15, 0.2) is 12.1 Å². The van der Waals surface area contributed by atoms with Crippen molar-refractivity contribution in [3.63, 3.8) is 0 Å². The van der Waals surface area contributed by atoms with E-state index in [9.17, 15) is 13.9 Å². The minimum atomic E-state index is -2.82. The average molecular weight is 398 g/mol. The second-order valence-electron chi connectivity index (χ2n) is 9.38. The SMILES string of the molecule is COc1cc2c(cc1OCC(O)C(F)F)CCN1CC(CC(C)(C)C)CCC21. The molecule has 6 heteroatoms. The highest BCUT2D eigenvalue weighted by molar-refractivity contribution is 5.49. The van der Waals surface area contributed by atoms with Gasteiger partial charge in [0.25, 0.3) is 6.43 Å². The standard InChI is InChI=1S/C22H33F2NO3/c1-22(2,3)11-14-5-6-17-16-10-19(27-4)20(28-13-18(26)21(23)24)9-15(16)7-8-25(17)12-14/h9-10,14,17-18,21,26H,5-8,11-13H2,1-4H3. The number of hydrogen-bond donors (Lipinski definition) is 1. The van der Waals surface area contributed by atoms with Crippen molar-refractivity contribution in [1.82, 2.24) is 4.90 Å². The number of aliphatic hydroxyl groups excluding tert-OH is 1. The molecule has 2 aliphatic rings. The van der Waals surface area contributed by atoms with Crippen molar-refractivity contribution in [2.24, 2.45) is 11.3 Å². The van der Waals surface area contributed by atoms with E-state index >= 15 is 0 Å². The molecular formula is C22H33F2NO3. The fourth-order valence-corrected chi connectivity index (χ4v) is 4.69. The zero-order valence-electron chi connectivity index (χ0n) is 17.4. The predicted molar refractivity (Wildman–Crippen MR) is 105 cm³/mol. The van der Waals surface area contributed by atoms with Gasteiger partial charge in [0.15, 0.2) is 11.5 Å². The Morgan fingerprint density at radius 3 is 2.61 bits per heavy atom. The maximum Gasteiger partial charge on any atom is 0.267 e. The highest BCUT2D eigenvalue weighted by Gasteiger charge is 2.35. The third-order valence-electron chi connectivity index (χ3n) is 5.84. The normalized spacial score (nSPS) is 23.9. The summed E-state index contributed by atoms with van der Waals surface area (Å²) in [5, 5.41) is 9.33. The Balaban J connectivity index is 1.74. The van der Waals surface area contributed by atoms with Crippen LogP contribution >= 0.6 is 0 Å². The van der Waals surface area contributed by atoms with Crippen molar-refractivity contribution in [1.29, 1.82) is 0 Å². The number of benzene rings is 1. The number of aliphatic hydroxyl groups is 1. The maximum atomic E-state index is 12.5. The lowest BCUT2D eigenvalue weighted by molar-refractivity contribution is -0.0287. The quantitative estimate of drug-likeness (QED) is 0.770. The number of nitrogens with zero attached hydrogens (tertiary/aromatic N) is 1. The monoisotopic (exact) mass is 397 g/mol. The number of ether oxygens (including phenoxy) is 2. The average Bonchev–Trinajstić information content (AvgIpc) is 2.63. The van der Waals surface area contributed by atoms with Gasteiger partial charge in [-0.25, -0.2) is 8.78 Å². The highest BCUT2D eigenvalue weighted by Crippen LogP contribution is 2.44. The van der Waals surface area contributed by atoms with Gasteiger partial charge in [-0.2, -0.15) is 0 Å². The molecule has 3 unspecified atom stereocenters. The third kappa shape index (κ3) is 4.95. The van der Waals surface area contributed by atoms with Gasteiger partial charge in [0.2, 0.25) is 0 Å². The summed E-state index contributed by atoms with van der Waals surface area (Å²) in [6.45, 7) is 8.61. The first kappa shape index (κ1) is 21.3. The molecule has 1 fully saturated rings. The smallest absolute Gasteiger partial charge is 0.267 e. The largest absolute Gasteiger partial charge is 0.493 e. The van der Waals surface area contributed by atoms with Gasteiger partial charge in [-0.3, -0.25) is 4.90 Å². The summed E-state index contributed by atoms with van der Waals surface area (Å²) in [7, 11) is 1.55. The summed E-state index contributed by atoms with van der Waals surface area (Å²) >= 11 is 0. The molecule has 1 aromatic carbocycles. The Morgan fingerprint density at radius 2 is 1.96 bits per heavy atom. The van der Waals surface area contributed by atoms with Crippen molar-refractivity contribution in [2.45, 2.75) is 65.0 Å². The predicted octanol–water partition coefficient (Wildman–Crippen LogP) is 4.45. The van der Waals surface area contributed by atoms with Crippen LogP contribution in [0.4, 0.5) is 8.78 Å². The van der Waals surface area contributed by atoms with Gasteiger partial charge in [0.05, 0.1) is 7.11 Å². The van der Waals surface area contributed by atoms with Crippen LogP contribution in [0, 0.1) is 11.3 Å². The summed E-state index contributed by atoms with van der Waals surface area (Å²) in [5.41, 5.74) is 2.81. The second-order valence-corrected chi connectivity index (χ2v) is 9.38. The van der Waals surface area contributed by atoms with Crippen LogP contribution in [-0.4, -0.2) is 49.3 Å². The summed E-state index contributed by atoms with van der Waals surface area (Å²) < 4.78 is 36.0. The van der Waals surface area contributed by atoms with E-state index in [1.54, 1.807) is 7.11 Å². The Labute approximate surface area is 166 Å². The highest BCUT2D eigenvalue weighted by atomic mass is 19.3. The summed E-state index contributed by atoms with van der Waals surface area (Å²) in [6.07, 6.45) is -0.118. The fraction of sp³-hybridized carbons (Fsp3) is 0.727. The first-order valence-electron chi connectivity index (χ1n) is 10.2. The van der Waals surface area contributed by atoms with E-state index in [0.29, 0.717) is 23.0 Å². The Morgan fingerprint density at radius 1 is 1.21 bits per heavy atom. The molecule has 0 spiro atoms. The number of halogens is 2. The van der Waals surface area contributed by atoms with Crippen LogP contribution < -0.4 is 9.47 Å². The van der Waals surface area contributed by atoms with Crippen LogP contribution in [0.3, 0.4) is 0 Å². The molecule has 0 aliphatic carbocycles. The molecule has 0 aromatic heterocycles. The number of fused-ring (bicyclic) bond motifs is 3. The van der Waals surface area contributed by atoms with Crippen molar-refractivity contribution >= 4 is 0 Å². The lowest BCUT2D eigenvalue weighted by Gasteiger charge is -2.45. The van der Waals surface area contributed by atoms with Gasteiger partial charge in [0, 0.05) is 19.1 Å². The van der Waals surface area contributed by atoms with Gasteiger partial charge >= 0.3 is 0 Å². The molecule has 1 N–H and O–H groups in total. The third-order valence-corrected chi connectivity index (χ3v) is 5.84. The molecule has 4 nitrogen and oxygen atoms in total. The molecule has 2 aliphatic heterocycles. The molecule has 0 bridgehead atoms. The molecule has 1 saturated heterocycles. The zero-order chi connectivity index (χ0) is 20.5. The second kappa shape index (κ2) is 8.54. The molecule has 1 aromatic rings. The van der Waals surface area contributed by atoms with Crippen LogP contribution in [0.5, 0.6) is 11.5 Å². The Bertz CT molecular complexity index is 674. The summed E-state index contributed by atoms with van der Waals surface area (Å²) in [5.74, 6) is 1.70. The lowest BCUT2D eigenvalue weighted by atomic mass is 9.77. The van der Waals surface area contributed by atoms with Crippen molar-refractivity contribution in [2.75, 3.05) is 26.8 Å². The van der Waals surface area contributed by atoms with E-state index in [4.69, 9.17) is 9.47 Å². The van der Waals surface area contributed by atoms with Gasteiger partial charge < -0.3 is 14.6 Å². The van der Waals surface area contributed by atoms with E-state index in [0.717, 1.165) is 31.8 Å². The van der Waals surface area contributed by atoms with Crippen molar-refractivity contribution < 1.29 is 23.4 Å². The van der Waals surface area contributed by atoms with E-state index in [-0.39, 0.29) is 0 Å². The summed E-state index contributed by atoms with van der Waals surface area (Å²) in [6, 6.07) is 4.29. The molecular weight excluding hydrogens is 364 g/mol. The van der Waals surface area contributed by atoms with Crippen LogP contribution in [0.25, 0.3) is 0 Å². The molecule has 0 amide bonds. The van der Waals surface area contributed by atoms with E-state index in [1.165, 1.54) is 24.0 Å². The summed E-state index contributed by atoms with van der Waals surface area (Å²) in [4.78, 5) is 2.59. The molecule has 0 radical (unpaired) electrons. The molecule has 2 heterocycles. The topological polar surface area (TPSA) is 41.9 Å². The Hall–Kier alpha value is -1.40. The lowest BCUT2D eigenvalue weighted by Crippen LogP contribution is -2.43. The van der Waals surface area contributed by atoms with Gasteiger partial charge in [0.1, 0.15) is 12.7 Å². The molecule has 28 heavy (non-hydrogen) atoms. The number of piperidine rings is 1. The molecule has 3 atom stereocenters. The molecule has 0 saturated carbocycles. The zero-order valence-corrected chi connectivity index (χ0v) is 17.4. The van der Waals surface area contributed by atoms with E-state index < -0.39 is 19.1 Å². The minimum absolute atomic E-state index is 0.351. The van der Waals surface area contributed by atoms with Crippen LogP contribution in [-0.2, 0) is 6.42 Å². The van der Waals surface area contributed by atoms with Gasteiger partial charge in [-0.1, -0.05) is 20.8 Å². The van der Waals surface area contributed by atoms with Gasteiger partial charge in [-0.15, -0.1) is 0 Å². The number of rotatable bonds is 6. The van der Waals surface area contributed by atoms with Crippen molar-refractivity contribution in [3.8, 4) is 11.5 Å². The Kier molecular flexibility index (Phi) is 6.50. The van der Waals surface area contributed by atoms with Crippen LogP contribution in [0.2, 0.25) is 0 Å². The number of hydrogen-bond acceptors (Lipinski definition) is 4. The maximum absolute atomic E-state index is 12.5. The molecule has 158 valence electrons. The number of alkyl halides is 2.